The van der Waals surface area contributed by atoms with Gasteiger partial charge in [0.2, 0.25) is 0 Å². The molecule has 146 valence electrons. The number of halogens is 2. The lowest BCUT2D eigenvalue weighted by molar-refractivity contribution is 0.318. The lowest BCUT2D eigenvalue weighted by Gasteiger charge is -2.05. The van der Waals surface area contributed by atoms with E-state index in [4.69, 9.17) is 21.9 Å². The third-order valence-corrected chi connectivity index (χ3v) is 3.49. The van der Waals surface area contributed by atoms with Crippen LogP contribution in [0, 0.1) is 0 Å². The van der Waals surface area contributed by atoms with Gasteiger partial charge in [-0.05, 0) is 24.3 Å². The van der Waals surface area contributed by atoms with Crippen molar-refractivity contribution in [3.63, 3.8) is 0 Å². The van der Waals surface area contributed by atoms with Crippen molar-refractivity contribution in [2.24, 2.45) is 21.8 Å². The Bertz CT molecular complexity index is 902. The molecule has 0 atom stereocenters. The van der Waals surface area contributed by atoms with Crippen molar-refractivity contribution < 1.29 is 10.4 Å². The number of oxime groups is 2. The minimum atomic E-state index is -0.0757. The summed E-state index contributed by atoms with van der Waals surface area (Å²) in [6.45, 7) is 0. The van der Waals surface area contributed by atoms with Gasteiger partial charge in [-0.15, -0.1) is 24.8 Å². The van der Waals surface area contributed by atoms with Crippen molar-refractivity contribution in [2.75, 3.05) is 0 Å². The van der Waals surface area contributed by atoms with Crippen LogP contribution in [0.4, 0.5) is 0 Å². The van der Waals surface area contributed by atoms with Crippen molar-refractivity contribution in [3.8, 4) is 22.5 Å². The molecular weight excluding hydrogens is 407 g/mol. The van der Waals surface area contributed by atoms with Gasteiger partial charge < -0.3 is 21.9 Å². The lowest BCUT2D eigenvalue weighted by atomic mass is 10.1. The molecule has 6 N–H and O–H groups in total. The maximum Gasteiger partial charge on any atom is 0.188 e. The Hall–Kier alpha value is -3.50. The van der Waals surface area contributed by atoms with Gasteiger partial charge in [-0.1, -0.05) is 10.3 Å². The summed E-state index contributed by atoms with van der Waals surface area (Å²) in [6.07, 6.45) is 6.31. The Labute approximate surface area is 171 Å². The molecule has 3 aromatic heterocycles. The molecule has 0 fully saturated rings. The number of nitrogens with zero attached hydrogens (tertiary/aromatic N) is 6. The number of nitrogens with two attached hydrogens (primary N) is 2. The van der Waals surface area contributed by atoms with Crippen molar-refractivity contribution in [2.45, 2.75) is 0 Å². The Kier molecular flexibility index (Phi) is 8.05. The third kappa shape index (κ3) is 4.81. The highest BCUT2D eigenvalue weighted by Gasteiger charge is 2.08. The van der Waals surface area contributed by atoms with Crippen LogP contribution < -0.4 is 11.5 Å². The smallest absolute Gasteiger partial charge is 0.188 e. The van der Waals surface area contributed by atoms with Crippen LogP contribution in [0.3, 0.4) is 0 Å². The molecule has 0 amide bonds. The molecule has 0 bridgehead atoms. The van der Waals surface area contributed by atoms with Crippen LogP contribution in [0.15, 0.2) is 59.4 Å². The number of pyridine rings is 2. The molecule has 0 saturated heterocycles. The van der Waals surface area contributed by atoms with Crippen molar-refractivity contribution in [1.82, 2.24) is 19.9 Å². The van der Waals surface area contributed by atoms with E-state index >= 15 is 0 Å². The van der Waals surface area contributed by atoms with Gasteiger partial charge in [-0.3, -0.25) is 15.0 Å². The van der Waals surface area contributed by atoms with E-state index < -0.39 is 0 Å². The highest BCUT2D eigenvalue weighted by molar-refractivity contribution is 5.95. The van der Waals surface area contributed by atoms with Gasteiger partial charge in [-0.2, -0.15) is 0 Å². The van der Waals surface area contributed by atoms with Crippen LogP contribution >= 0.6 is 24.8 Å². The fourth-order valence-corrected chi connectivity index (χ4v) is 2.14. The van der Waals surface area contributed by atoms with E-state index in [1.54, 1.807) is 49.1 Å². The van der Waals surface area contributed by atoms with Gasteiger partial charge in [-0.25, -0.2) is 4.98 Å². The molecule has 3 aromatic rings. The summed E-state index contributed by atoms with van der Waals surface area (Å²) in [7, 11) is 0. The molecule has 0 aliphatic rings. The molecule has 0 radical (unpaired) electrons. The summed E-state index contributed by atoms with van der Waals surface area (Å²) in [5.41, 5.74) is 14.3. The number of rotatable bonds is 4. The predicted octanol–water partition coefficient (Wildman–Crippen LogP) is 1.63. The van der Waals surface area contributed by atoms with E-state index in [9.17, 15) is 0 Å². The molecule has 0 aliphatic carbocycles. The topological polar surface area (TPSA) is 169 Å². The van der Waals surface area contributed by atoms with Crippen LogP contribution in [-0.2, 0) is 0 Å². The monoisotopic (exact) mass is 422 g/mol. The van der Waals surface area contributed by atoms with Crippen LogP contribution in [-0.4, -0.2) is 42.0 Å². The average molecular weight is 423 g/mol. The van der Waals surface area contributed by atoms with Gasteiger partial charge in [0.15, 0.2) is 11.7 Å². The first kappa shape index (κ1) is 22.5. The molecule has 10 nitrogen and oxygen atoms in total. The quantitative estimate of drug-likeness (QED) is 0.212. The molecule has 3 heterocycles. The number of hydrogen-bond donors (Lipinski definition) is 4. The number of aromatic nitrogens is 4. The van der Waals surface area contributed by atoms with Gasteiger partial charge >= 0.3 is 0 Å². The Morgan fingerprint density at radius 2 is 1.14 bits per heavy atom. The highest BCUT2D eigenvalue weighted by Crippen LogP contribution is 2.21. The van der Waals surface area contributed by atoms with Gasteiger partial charge in [0.25, 0.3) is 0 Å². The summed E-state index contributed by atoms with van der Waals surface area (Å²) < 4.78 is 0. The van der Waals surface area contributed by atoms with E-state index in [-0.39, 0.29) is 36.5 Å². The minimum absolute atomic E-state index is 0. The van der Waals surface area contributed by atoms with Crippen molar-refractivity contribution >= 4 is 36.5 Å². The van der Waals surface area contributed by atoms with E-state index in [1.807, 2.05) is 0 Å². The third-order valence-electron chi connectivity index (χ3n) is 3.49. The fraction of sp³-hybridized carbons (Fsp3) is 0. The van der Waals surface area contributed by atoms with E-state index in [1.165, 1.54) is 0 Å². The molecule has 28 heavy (non-hydrogen) atoms. The SMILES string of the molecule is Cl.Cl.N/C(=N/O)c1ccc(-c2cncc(-c3ccc(/C(N)=N\O)nc3)n2)cn1. The summed E-state index contributed by atoms with van der Waals surface area (Å²) in [5, 5.41) is 23.2. The maximum atomic E-state index is 8.67. The van der Waals surface area contributed by atoms with E-state index in [0.29, 0.717) is 22.8 Å². The van der Waals surface area contributed by atoms with Gasteiger partial charge in [0.05, 0.1) is 23.8 Å². The summed E-state index contributed by atoms with van der Waals surface area (Å²) in [6, 6.07) is 6.72. The first-order valence-electron chi connectivity index (χ1n) is 7.33. The Morgan fingerprint density at radius 1 is 0.714 bits per heavy atom. The number of amidine groups is 2. The zero-order valence-electron chi connectivity index (χ0n) is 14.2. The first-order valence-corrected chi connectivity index (χ1v) is 7.33. The van der Waals surface area contributed by atoms with E-state index in [2.05, 4.69) is 30.2 Å². The molecule has 0 saturated carbocycles. The maximum absolute atomic E-state index is 8.67. The Balaban J connectivity index is 0.00000196. The molecule has 0 spiro atoms. The predicted molar refractivity (Wildman–Crippen MR) is 108 cm³/mol. The standard InChI is InChI=1S/C16H14N8O2.2ClH/c17-15(23-25)11-3-1-9(5-20-11)13-7-19-8-14(22-13)10-2-4-12(21-6-10)16(18)24-26;;/h1-8,25-26H,(H2,17,23)(H2,18,24);2*1H. The average Bonchev–Trinajstić information content (AvgIpc) is 2.73. The van der Waals surface area contributed by atoms with Crippen LogP contribution in [0.25, 0.3) is 22.5 Å². The van der Waals surface area contributed by atoms with Crippen LogP contribution in [0.2, 0.25) is 0 Å². The first-order chi connectivity index (χ1) is 12.6. The Morgan fingerprint density at radius 3 is 1.46 bits per heavy atom. The second-order valence-electron chi connectivity index (χ2n) is 5.12. The van der Waals surface area contributed by atoms with Crippen molar-refractivity contribution in [3.05, 3.63) is 60.4 Å². The second-order valence-corrected chi connectivity index (χ2v) is 5.12. The molecular formula is C16H16Cl2N8O2. The highest BCUT2D eigenvalue weighted by atomic mass is 35.5. The minimum Gasteiger partial charge on any atom is -0.409 e. The molecule has 0 aromatic carbocycles. The van der Waals surface area contributed by atoms with Gasteiger partial charge in [0.1, 0.15) is 11.4 Å². The summed E-state index contributed by atoms with van der Waals surface area (Å²) in [5.74, 6) is -0.151. The molecule has 0 unspecified atom stereocenters. The van der Waals surface area contributed by atoms with Crippen LogP contribution in [0.1, 0.15) is 11.4 Å². The molecule has 0 aliphatic heterocycles. The molecule has 3 rings (SSSR count). The summed E-state index contributed by atoms with van der Waals surface area (Å²) >= 11 is 0. The normalized spacial score (nSPS) is 11.3. The summed E-state index contributed by atoms with van der Waals surface area (Å²) in [4.78, 5) is 17.0. The zero-order valence-corrected chi connectivity index (χ0v) is 15.8. The fourth-order valence-electron chi connectivity index (χ4n) is 2.14. The van der Waals surface area contributed by atoms with E-state index in [0.717, 1.165) is 11.1 Å². The second kappa shape index (κ2) is 10.00. The number of hydrogen-bond acceptors (Lipinski definition) is 8. The van der Waals surface area contributed by atoms with Gasteiger partial charge in [0, 0.05) is 23.5 Å². The van der Waals surface area contributed by atoms with Crippen LogP contribution in [0.5, 0.6) is 0 Å². The zero-order chi connectivity index (χ0) is 18.5. The lowest BCUT2D eigenvalue weighted by Crippen LogP contribution is -2.14. The van der Waals surface area contributed by atoms with Crippen molar-refractivity contribution in [1.29, 1.82) is 0 Å². The largest absolute Gasteiger partial charge is 0.409 e. The molecule has 12 heteroatoms.